The highest BCUT2D eigenvalue weighted by Gasteiger charge is 2.30. The predicted octanol–water partition coefficient (Wildman–Crippen LogP) is 3.62. The fourth-order valence-corrected chi connectivity index (χ4v) is 4.35. The molecule has 0 unspecified atom stereocenters. The highest BCUT2D eigenvalue weighted by Crippen LogP contribution is 2.31. The molecule has 180 valence electrons. The Balaban J connectivity index is 1.64. The van der Waals surface area contributed by atoms with Gasteiger partial charge in [-0.1, -0.05) is 40.9 Å². The van der Waals surface area contributed by atoms with Crippen molar-refractivity contribution in [2.24, 2.45) is 0 Å². The lowest BCUT2D eigenvalue weighted by Gasteiger charge is -2.36. The quantitative estimate of drug-likeness (QED) is 0.494. The van der Waals surface area contributed by atoms with Crippen molar-refractivity contribution in [3.63, 3.8) is 0 Å². The average molecular weight is 516 g/mol. The summed E-state index contributed by atoms with van der Waals surface area (Å²) in [5.41, 5.74) is 0.860. The van der Waals surface area contributed by atoms with Crippen LogP contribution in [0.15, 0.2) is 24.4 Å². The van der Waals surface area contributed by atoms with Crippen LogP contribution < -0.4 is 15.5 Å². The average Bonchev–Trinajstić information content (AvgIpc) is 2.75. The number of carbonyl (C=O) groups excluding carboxylic acids is 1. The van der Waals surface area contributed by atoms with Crippen LogP contribution >= 0.6 is 34.8 Å². The van der Waals surface area contributed by atoms with Crippen LogP contribution in [0.2, 0.25) is 15.1 Å². The van der Waals surface area contributed by atoms with Gasteiger partial charge < -0.3 is 25.5 Å². The highest BCUT2D eigenvalue weighted by atomic mass is 35.5. The van der Waals surface area contributed by atoms with E-state index in [1.807, 2.05) is 36.9 Å². The summed E-state index contributed by atoms with van der Waals surface area (Å²) in [5.74, 6) is 0.854. The van der Waals surface area contributed by atoms with E-state index in [1.54, 1.807) is 12.1 Å². The minimum absolute atomic E-state index is 0.0646. The van der Waals surface area contributed by atoms with E-state index in [-0.39, 0.29) is 18.0 Å². The first-order valence-electron chi connectivity index (χ1n) is 10.7. The van der Waals surface area contributed by atoms with Crippen LogP contribution in [0.3, 0.4) is 0 Å². The van der Waals surface area contributed by atoms with Gasteiger partial charge in [-0.2, -0.15) is 4.98 Å². The Morgan fingerprint density at radius 3 is 2.73 bits per heavy atom. The van der Waals surface area contributed by atoms with Gasteiger partial charge in [-0.15, -0.1) is 0 Å². The lowest BCUT2D eigenvalue weighted by molar-refractivity contribution is -0.123. The molecule has 11 heteroatoms. The van der Waals surface area contributed by atoms with Gasteiger partial charge in [-0.3, -0.25) is 4.79 Å². The molecule has 3 N–H and O–H groups in total. The van der Waals surface area contributed by atoms with Crippen molar-refractivity contribution in [3.05, 3.63) is 45.0 Å². The number of amides is 1. The van der Waals surface area contributed by atoms with Crippen molar-refractivity contribution >= 4 is 52.5 Å². The van der Waals surface area contributed by atoms with Crippen LogP contribution in [0.25, 0.3) is 0 Å². The van der Waals surface area contributed by atoms with Gasteiger partial charge >= 0.3 is 0 Å². The molecule has 0 radical (unpaired) electrons. The third-order valence-corrected chi connectivity index (χ3v) is 6.35. The van der Waals surface area contributed by atoms with E-state index in [2.05, 4.69) is 20.6 Å². The molecule has 0 saturated carbocycles. The number of benzene rings is 1. The third kappa shape index (κ3) is 7.07. The molecular formula is C22H29Cl3N6O2. The van der Waals surface area contributed by atoms with E-state index >= 15 is 0 Å². The number of piperidine rings is 1. The fraction of sp³-hybridized carbons (Fsp3) is 0.500. The second-order valence-electron chi connectivity index (χ2n) is 8.43. The molecule has 1 aliphatic rings. The van der Waals surface area contributed by atoms with Gasteiger partial charge in [0.05, 0.1) is 24.4 Å². The Kier molecular flexibility index (Phi) is 9.01. The van der Waals surface area contributed by atoms with Crippen molar-refractivity contribution < 1.29 is 9.90 Å². The molecule has 3 rings (SSSR count). The molecule has 8 nitrogen and oxygen atoms in total. The molecule has 1 aromatic heterocycles. The predicted molar refractivity (Wildman–Crippen MR) is 133 cm³/mol. The molecular weight excluding hydrogens is 487 g/mol. The first kappa shape index (κ1) is 25.8. The number of aliphatic hydroxyl groups excluding tert-OH is 1. The topological polar surface area (TPSA) is 93.6 Å². The SMILES string of the molecule is C[C@@H](Nc1nc(N2CC[C@H](NC(=O)CCN(C)C)[C@@H](O)C2)ncc1Cl)c1ccc(Cl)cc1Cl. The molecule has 1 aromatic carbocycles. The molecule has 2 aromatic rings. The first-order chi connectivity index (χ1) is 15.6. The van der Waals surface area contributed by atoms with Crippen LogP contribution in [0.1, 0.15) is 31.4 Å². The van der Waals surface area contributed by atoms with E-state index in [0.29, 0.717) is 59.3 Å². The first-order valence-corrected chi connectivity index (χ1v) is 11.9. The van der Waals surface area contributed by atoms with E-state index in [4.69, 9.17) is 34.8 Å². The summed E-state index contributed by atoms with van der Waals surface area (Å²) in [6.45, 7) is 3.50. The largest absolute Gasteiger partial charge is 0.389 e. The molecule has 1 fully saturated rings. The van der Waals surface area contributed by atoms with Crippen molar-refractivity contribution in [2.45, 2.75) is 38.0 Å². The van der Waals surface area contributed by atoms with Crippen molar-refractivity contribution in [3.8, 4) is 0 Å². The Hall–Kier alpha value is -1.84. The van der Waals surface area contributed by atoms with E-state index in [0.717, 1.165) is 5.56 Å². The molecule has 1 saturated heterocycles. The molecule has 0 bridgehead atoms. The van der Waals surface area contributed by atoms with Crippen molar-refractivity contribution in [1.82, 2.24) is 20.2 Å². The number of nitrogens with one attached hydrogen (secondary N) is 2. The Morgan fingerprint density at radius 1 is 1.30 bits per heavy atom. The summed E-state index contributed by atoms with van der Waals surface area (Å²) < 4.78 is 0. The standard InChI is InChI=1S/C22H29Cl3N6O2/c1-13(15-5-4-14(23)10-16(15)24)27-21-17(25)11-26-22(29-21)31-9-6-18(19(32)12-31)28-20(33)7-8-30(2)3/h4-5,10-11,13,18-19,32H,6-9,12H2,1-3H3,(H,28,33)(H,26,27,29)/t13-,18+,19+/m1/s1. The van der Waals surface area contributed by atoms with E-state index in [9.17, 15) is 9.90 Å². The maximum atomic E-state index is 12.1. The fourth-order valence-electron chi connectivity index (χ4n) is 3.63. The lowest BCUT2D eigenvalue weighted by Crippen LogP contribution is -2.54. The zero-order chi connectivity index (χ0) is 24.1. The van der Waals surface area contributed by atoms with Crippen LogP contribution in [-0.4, -0.2) is 71.8 Å². The highest BCUT2D eigenvalue weighted by molar-refractivity contribution is 6.35. The zero-order valence-corrected chi connectivity index (χ0v) is 21.1. The molecule has 0 spiro atoms. The van der Waals surface area contributed by atoms with Gasteiger partial charge in [-0.05, 0) is 45.1 Å². The summed E-state index contributed by atoms with van der Waals surface area (Å²) in [5, 5.41) is 18.3. The normalized spacial score (nSPS) is 19.5. The monoisotopic (exact) mass is 514 g/mol. The van der Waals surface area contributed by atoms with Gasteiger partial charge in [0.15, 0.2) is 5.82 Å². The number of halogens is 3. The zero-order valence-electron chi connectivity index (χ0n) is 18.9. The summed E-state index contributed by atoms with van der Waals surface area (Å²) >= 11 is 18.7. The van der Waals surface area contributed by atoms with Crippen LogP contribution in [0, 0.1) is 0 Å². The molecule has 1 amide bonds. The molecule has 2 heterocycles. The number of rotatable bonds is 8. The molecule has 0 aliphatic carbocycles. The van der Waals surface area contributed by atoms with Crippen LogP contribution in [0.4, 0.5) is 11.8 Å². The molecule has 33 heavy (non-hydrogen) atoms. The van der Waals surface area contributed by atoms with E-state index in [1.165, 1.54) is 6.20 Å². The van der Waals surface area contributed by atoms with Crippen LogP contribution in [-0.2, 0) is 4.79 Å². The Bertz CT molecular complexity index is 977. The smallest absolute Gasteiger partial charge is 0.227 e. The number of β-amino-alcohol motifs (C(OH)–C–C–N with tert-alkyl or cyclic N) is 1. The lowest BCUT2D eigenvalue weighted by atomic mass is 10.0. The maximum absolute atomic E-state index is 12.1. The summed E-state index contributed by atoms with van der Waals surface area (Å²) in [4.78, 5) is 24.9. The number of nitrogens with zero attached hydrogens (tertiary/aromatic N) is 4. The Labute approximate surface area is 209 Å². The minimum atomic E-state index is -0.732. The number of carbonyl (C=O) groups is 1. The summed E-state index contributed by atoms with van der Waals surface area (Å²) in [6, 6.07) is 4.84. The van der Waals surface area contributed by atoms with Gasteiger partial charge in [0.2, 0.25) is 11.9 Å². The third-order valence-electron chi connectivity index (χ3n) is 5.51. The van der Waals surface area contributed by atoms with Gasteiger partial charge in [0.25, 0.3) is 0 Å². The second-order valence-corrected chi connectivity index (χ2v) is 9.68. The number of hydrogen-bond acceptors (Lipinski definition) is 7. The van der Waals surface area contributed by atoms with Crippen LogP contribution in [0.5, 0.6) is 0 Å². The summed E-state index contributed by atoms with van der Waals surface area (Å²) in [6.07, 6.45) is 1.78. The number of hydrogen-bond donors (Lipinski definition) is 3. The minimum Gasteiger partial charge on any atom is -0.389 e. The number of aromatic nitrogens is 2. The molecule has 1 aliphatic heterocycles. The van der Waals surface area contributed by atoms with Crippen molar-refractivity contribution in [1.29, 1.82) is 0 Å². The Morgan fingerprint density at radius 2 is 2.06 bits per heavy atom. The van der Waals surface area contributed by atoms with Gasteiger partial charge in [-0.25, -0.2) is 4.98 Å². The van der Waals surface area contributed by atoms with Crippen molar-refractivity contribution in [2.75, 3.05) is 43.9 Å². The molecule has 3 atom stereocenters. The van der Waals surface area contributed by atoms with Gasteiger partial charge in [0, 0.05) is 36.1 Å². The number of aliphatic hydroxyl groups is 1. The summed E-state index contributed by atoms with van der Waals surface area (Å²) in [7, 11) is 3.83. The maximum Gasteiger partial charge on any atom is 0.227 e. The number of anilines is 2. The van der Waals surface area contributed by atoms with E-state index < -0.39 is 6.10 Å². The van der Waals surface area contributed by atoms with Gasteiger partial charge in [0.1, 0.15) is 5.02 Å². The second kappa shape index (κ2) is 11.5.